The number of amides is 2. The van der Waals surface area contributed by atoms with Gasteiger partial charge in [-0.1, -0.05) is 17.7 Å². The van der Waals surface area contributed by atoms with Gasteiger partial charge in [-0.05, 0) is 38.1 Å². The van der Waals surface area contributed by atoms with Crippen molar-refractivity contribution in [3.63, 3.8) is 0 Å². The standard InChI is InChI=1S/C17H18N4O2/c1-12-5-3-6-14(9-12)17(23)21-20-13(2)10-16(22)19-15-7-4-8-18-11-15/h3-9,11H,10H2,1-2H3,(H,19,22)(H,21,23)/b20-13+. The fourth-order valence-corrected chi connectivity index (χ4v) is 1.91. The van der Waals surface area contributed by atoms with E-state index in [-0.39, 0.29) is 18.2 Å². The van der Waals surface area contributed by atoms with E-state index in [0.29, 0.717) is 17.0 Å². The molecule has 1 heterocycles. The van der Waals surface area contributed by atoms with Gasteiger partial charge in [0, 0.05) is 17.5 Å². The zero-order valence-corrected chi connectivity index (χ0v) is 13.0. The van der Waals surface area contributed by atoms with E-state index >= 15 is 0 Å². The number of nitrogens with zero attached hydrogens (tertiary/aromatic N) is 2. The van der Waals surface area contributed by atoms with Gasteiger partial charge in [0.25, 0.3) is 5.91 Å². The number of anilines is 1. The Labute approximate surface area is 134 Å². The molecule has 0 atom stereocenters. The molecule has 0 aliphatic rings. The van der Waals surface area contributed by atoms with E-state index in [4.69, 9.17) is 0 Å². The van der Waals surface area contributed by atoms with Crippen molar-refractivity contribution in [2.75, 3.05) is 5.32 Å². The van der Waals surface area contributed by atoms with Crippen LogP contribution in [0.2, 0.25) is 0 Å². The molecule has 1 aromatic carbocycles. The Morgan fingerprint density at radius 1 is 1.22 bits per heavy atom. The van der Waals surface area contributed by atoms with Crippen molar-refractivity contribution < 1.29 is 9.59 Å². The topological polar surface area (TPSA) is 83.4 Å². The van der Waals surface area contributed by atoms with Gasteiger partial charge in [0.05, 0.1) is 18.3 Å². The first-order valence-electron chi connectivity index (χ1n) is 7.14. The van der Waals surface area contributed by atoms with E-state index in [1.54, 1.807) is 43.6 Å². The van der Waals surface area contributed by atoms with E-state index < -0.39 is 0 Å². The first-order valence-corrected chi connectivity index (χ1v) is 7.14. The monoisotopic (exact) mass is 310 g/mol. The molecule has 0 saturated carbocycles. The Kier molecular flexibility index (Phi) is 5.57. The van der Waals surface area contributed by atoms with Crippen LogP contribution in [0.4, 0.5) is 5.69 Å². The van der Waals surface area contributed by atoms with E-state index in [1.165, 1.54) is 0 Å². The summed E-state index contributed by atoms with van der Waals surface area (Å²) in [5.74, 6) is -0.523. The highest BCUT2D eigenvalue weighted by molar-refractivity contribution is 6.06. The van der Waals surface area contributed by atoms with Crippen molar-refractivity contribution >= 4 is 23.2 Å². The SMILES string of the molecule is C/C(CC(=O)Nc1cccnc1)=N\NC(=O)c1cccc(C)c1. The van der Waals surface area contributed by atoms with Crippen LogP contribution in [0.3, 0.4) is 0 Å². The highest BCUT2D eigenvalue weighted by Crippen LogP contribution is 2.05. The van der Waals surface area contributed by atoms with E-state index in [1.807, 2.05) is 19.1 Å². The quantitative estimate of drug-likeness (QED) is 0.657. The molecule has 2 amide bonds. The van der Waals surface area contributed by atoms with Crippen LogP contribution in [0.25, 0.3) is 0 Å². The highest BCUT2D eigenvalue weighted by Gasteiger charge is 2.07. The summed E-state index contributed by atoms with van der Waals surface area (Å²) in [5, 5.41) is 6.66. The molecule has 2 N–H and O–H groups in total. The lowest BCUT2D eigenvalue weighted by Crippen LogP contribution is -2.21. The smallest absolute Gasteiger partial charge is 0.271 e. The number of hydrogen-bond acceptors (Lipinski definition) is 4. The molecule has 23 heavy (non-hydrogen) atoms. The maximum absolute atomic E-state index is 12.0. The van der Waals surface area contributed by atoms with Gasteiger partial charge >= 0.3 is 0 Å². The van der Waals surface area contributed by atoms with Crippen LogP contribution in [-0.2, 0) is 4.79 Å². The number of carbonyl (C=O) groups is 2. The zero-order valence-electron chi connectivity index (χ0n) is 13.0. The van der Waals surface area contributed by atoms with Crippen molar-refractivity contribution in [2.24, 2.45) is 5.10 Å². The van der Waals surface area contributed by atoms with Gasteiger partial charge in [0.15, 0.2) is 0 Å². The lowest BCUT2D eigenvalue weighted by molar-refractivity contribution is -0.115. The maximum Gasteiger partial charge on any atom is 0.271 e. The first kappa shape index (κ1) is 16.4. The van der Waals surface area contributed by atoms with Crippen LogP contribution < -0.4 is 10.7 Å². The molecule has 0 bridgehead atoms. The lowest BCUT2D eigenvalue weighted by atomic mass is 10.1. The van der Waals surface area contributed by atoms with E-state index in [0.717, 1.165) is 5.56 Å². The minimum Gasteiger partial charge on any atom is -0.324 e. The Morgan fingerprint density at radius 2 is 2.04 bits per heavy atom. The molecule has 2 aromatic rings. The molecule has 6 heteroatoms. The second-order valence-electron chi connectivity index (χ2n) is 5.12. The summed E-state index contributed by atoms with van der Waals surface area (Å²) in [6.45, 7) is 3.59. The van der Waals surface area contributed by atoms with Gasteiger partial charge in [0.2, 0.25) is 5.91 Å². The normalized spacial score (nSPS) is 11.0. The van der Waals surface area contributed by atoms with Gasteiger partial charge in [-0.15, -0.1) is 0 Å². The Bertz CT molecular complexity index is 726. The number of aryl methyl sites for hydroxylation is 1. The number of carbonyl (C=O) groups excluding carboxylic acids is 2. The van der Waals surface area contributed by atoms with Gasteiger partial charge < -0.3 is 5.32 Å². The molecule has 1 aromatic heterocycles. The average Bonchev–Trinajstić information content (AvgIpc) is 2.53. The molecule has 0 fully saturated rings. The Hall–Kier alpha value is -3.02. The number of aromatic nitrogens is 1. The summed E-state index contributed by atoms with van der Waals surface area (Å²) < 4.78 is 0. The molecule has 118 valence electrons. The Balaban J connectivity index is 1.87. The van der Waals surface area contributed by atoms with Crippen molar-refractivity contribution in [2.45, 2.75) is 20.3 Å². The summed E-state index contributed by atoms with van der Waals surface area (Å²) in [6, 6.07) is 10.7. The van der Waals surface area contributed by atoms with Crippen molar-refractivity contribution in [1.29, 1.82) is 0 Å². The summed E-state index contributed by atoms with van der Waals surface area (Å²) in [5.41, 5.74) is 5.10. The summed E-state index contributed by atoms with van der Waals surface area (Å²) in [6.07, 6.45) is 3.27. The summed E-state index contributed by atoms with van der Waals surface area (Å²) in [4.78, 5) is 27.7. The van der Waals surface area contributed by atoms with Crippen LogP contribution in [0.5, 0.6) is 0 Å². The third-order valence-electron chi connectivity index (χ3n) is 2.99. The molecule has 0 aliphatic heterocycles. The van der Waals surface area contributed by atoms with Crippen LogP contribution in [0, 0.1) is 6.92 Å². The van der Waals surface area contributed by atoms with Crippen LogP contribution in [0.15, 0.2) is 53.9 Å². The fourth-order valence-electron chi connectivity index (χ4n) is 1.91. The van der Waals surface area contributed by atoms with Gasteiger partial charge in [-0.3, -0.25) is 14.6 Å². The fraction of sp³-hybridized carbons (Fsp3) is 0.176. The van der Waals surface area contributed by atoms with E-state index in [2.05, 4.69) is 20.8 Å². The molecule has 0 spiro atoms. The Morgan fingerprint density at radius 3 is 2.74 bits per heavy atom. The van der Waals surface area contributed by atoms with Crippen LogP contribution >= 0.6 is 0 Å². The highest BCUT2D eigenvalue weighted by atomic mass is 16.2. The number of nitrogens with one attached hydrogen (secondary N) is 2. The molecule has 0 radical (unpaired) electrons. The number of benzene rings is 1. The number of hydrazone groups is 1. The molecule has 0 unspecified atom stereocenters. The van der Waals surface area contributed by atoms with Gasteiger partial charge in [-0.25, -0.2) is 5.43 Å². The summed E-state index contributed by atoms with van der Waals surface area (Å²) in [7, 11) is 0. The van der Waals surface area contributed by atoms with Gasteiger partial charge in [0.1, 0.15) is 0 Å². The minimum atomic E-state index is -0.305. The van der Waals surface area contributed by atoms with Gasteiger partial charge in [-0.2, -0.15) is 5.10 Å². The maximum atomic E-state index is 12.0. The number of pyridine rings is 1. The third kappa shape index (κ3) is 5.35. The molecule has 2 rings (SSSR count). The largest absolute Gasteiger partial charge is 0.324 e. The second-order valence-corrected chi connectivity index (χ2v) is 5.12. The molecular formula is C17H18N4O2. The molecule has 6 nitrogen and oxygen atoms in total. The van der Waals surface area contributed by atoms with Crippen molar-refractivity contribution in [3.05, 3.63) is 59.9 Å². The first-order chi connectivity index (χ1) is 11.0. The number of hydrogen-bond donors (Lipinski definition) is 2. The van der Waals surface area contributed by atoms with Crippen LogP contribution in [0.1, 0.15) is 29.3 Å². The zero-order chi connectivity index (χ0) is 16.7. The van der Waals surface area contributed by atoms with Crippen molar-refractivity contribution in [1.82, 2.24) is 10.4 Å². The average molecular weight is 310 g/mol. The van der Waals surface area contributed by atoms with E-state index in [9.17, 15) is 9.59 Å². The number of rotatable bonds is 5. The lowest BCUT2D eigenvalue weighted by Gasteiger charge is -2.05. The van der Waals surface area contributed by atoms with Crippen molar-refractivity contribution in [3.8, 4) is 0 Å². The second kappa shape index (κ2) is 7.84. The molecule has 0 aliphatic carbocycles. The minimum absolute atomic E-state index is 0.0863. The molecular weight excluding hydrogens is 292 g/mol. The molecule has 0 saturated heterocycles. The predicted molar refractivity (Wildman–Crippen MR) is 89.2 cm³/mol. The summed E-state index contributed by atoms with van der Waals surface area (Å²) >= 11 is 0. The van der Waals surface area contributed by atoms with Crippen LogP contribution in [-0.4, -0.2) is 22.5 Å². The predicted octanol–water partition coefficient (Wildman–Crippen LogP) is 2.52. The third-order valence-corrected chi connectivity index (χ3v) is 2.99.